The quantitative estimate of drug-likeness (QED) is 0.934. The second kappa shape index (κ2) is 6.68. The Morgan fingerprint density at radius 3 is 2.70 bits per heavy atom. The number of aryl methyl sites for hydroxylation is 1. The third-order valence-corrected chi connectivity index (χ3v) is 5.16. The molecule has 1 N–H and O–H groups in total. The van der Waals surface area contributed by atoms with Gasteiger partial charge in [-0.15, -0.1) is 11.3 Å². The van der Waals surface area contributed by atoms with E-state index in [0.29, 0.717) is 18.0 Å². The normalized spacial score (nSPS) is 15.7. The molecule has 122 valence electrons. The molecule has 0 saturated carbocycles. The zero-order chi connectivity index (χ0) is 16.4. The Morgan fingerprint density at radius 1 is 1.35 bits per heavy atom. The fourth-order valence-electron chi connectivity index (χ4n) is 2.87. The molecule has 2 aromatic heterocycles. The van der Waals surface area contributed by atoms with Gasteiger partial charge in [0.25, 0.3) is 0 Å². The average Bonchev–Trinajstić information content (AvgIpc) is 2.96. The highest BCUT2D eigenvalue weighted by Crippen LogP contribution is 2.26. The van der Waals surface area contributed by atoms with E-state index in [1.165, 1.54) is 17.5 Å². The van der Waals surface area contributed by atoms with Crippen LogP contribution in [0.2, 0.25) is 0 Å². The Hall–Kier alpha value is -1.92. The Balaban J connectivity index is 2.01. The summed E-state index contributed by atoms with van der Waals surface area (Å²) in [7, 11) is 0. The van der Waals surface area contributed by atoms with Crippen LogP contribution in [0.4, 0.5) is 0 Å². The molecular weight excluding hydrogens is 314 g/mol. The topological polar surface area (TPSA) is 68.5 Å². The third kappa shape index (κ3) is 3.54. The van der Waals surface area contributed by atoms with Gasteiger partial charge in [0.05, 0.1) is 5.56 Å². The number of nitrogens with zero attached hydrogens (tertiary/aromatic N) is 1. The van der Waals surface area contributed by atoms with Crippen molar-refractivity contribution in [3.8, 4) is 10.4 Å². The minimum Gasteiger partial charge on any atom is -0.477 e. The van der Waals surface area contributed by atoms with Crippen molar-refractivity contribution in [1.29, 1.82) is 0 Å². The van der Waals surface area contributed by atoms with Crippen LogP contribution in [-0.2, 0) is 11.3 Å². The van der Waals surface area contributed by atoms with Gasteiger partial charge < -0.3 is 14.4 Å². The number of thiophene rings is 1. The first-order valence-corrected chi connectivity index (χ1v) is 8.48. The minimum absolute atomic E-state index is 0.166. The van der Waals surface area contributed by atoms with E-state index in [4.69, 9.17) is 4.74 Å². The summed E-state index contributed by atoms with van der Waals surface area (Å²) < 4.78 is 7.21. The van der Waals surface area contributed by atoms with Gasteiger partial charge in [0.2, 0.25) is 5.43 Å². The lowest BCUT2D eigenvalue weighted by Crippen LogP contribution is -2.24. The van der Waals surface area contributed by atoms with E-state index in [-0.39, 0.29) is 5.56 Å². The summed E-state index contributed by atoms with van der Waals surface area (Å²) in [5.41, 5.74) is -0.113. The number of hydrogen-bond acceptors (Lipinski definition) is 4. The third-order valence-electron chi connectivity index (χ3n) is 4.13. The van der Waals surface area contributed by atoms with Crippen molar-refractivity contribution in [2.45, 2.75) is 26.3 Å². The molecule has 0 spiro atoms. The fourth-order valence-corrected chi connectivity index (χ4v) is 3.75. The Morgan fingerprint density at radius 2 is 2.09 bits per heavy atom. The van der Waals surface area contributed by atoms with E-state index in [1.807, 2.05) is 23.6 Å². The molecule has 0 aromatic carbocycles. The number of aromatic carboxylic acids is 1. The van der Waals surface area contributed by atoms with Gasteiger partial charge in [0.1, 0.15) is 5.56 Å². The molecule has 0 atom stereocenters. The molecule has 6 heteroatoms. The predicted molar refractivity (Wildman–Crippen MR) is 89.3 cm³/mol. The number of aromatic nitrogens is 1. The van der Waals surface area contributed by atoms with E-state index < -0.39 is 11.4 Å². The average molecular weight is 333 g/mol. The number of pyridine rings is 1. The summed E-state index contributed by atoms with van der Waals surface area (Å²) in [5, 5.41) is 9.34. The molecule has 5 nitrogen and oxygen atoms in total. The summed E-state index contributed by atoms with van der Waals surface area (Å²) in [6, 6.07) is 3.82. The Bertz CT molecular complexity index is 771. The molecule has 1 fully saturated rings. The fraction of sp³-hybridized carbons (Fsp3) is 0.412. The van der Waals surface area contributed by atoms with Crippen LogP contribution < -0.4 is 5.43 Å². The summed E-state index contributed by atoms with van der Waals surface area (Å²) in [6.45, 7) is 4.16. The molecule has 1 aliphatic rings. The van der Waals surface area contributed by atoms with Gasteiger partial charge in [-0.05, 0) is 37.8 Å². The number of carboxylic acids is 1. The predicted octanol–water partition coefficient (Wildman–Crippen LogP) is 3.01. The molecule has 23 heavy (non-hydrogen) atoms. The standard InChI is InChI=1S/C17H19NO4S/c1-11-2-3-15(23-11)13-9-18(8-12-4-6-22-7-5-12)10-14(16(13)19)17(20)21/h2-3,9-10,12H,4-8H2,1H3,(H,20,21). The lowest BCUT2D eigenvalue weighted by Gasteiger charge is -2.23. The highest BCUT2D eigenvalue weighted by Gasteiger charge is 2.19. The second-order valence-corrected chi connectivity index (χ2v) is 7.17. The monoisotopic (exact) mass is 333 g/mol. The molecule has 3 rings (SSSR count). The Kier molecular flexibility index (Phi) is 4.63. The van der Waals surface area contributed by atoms with Crippen molar-refractivity contribution in [3.05, 3.63) is 45.2 Å². The smallest absolute Gasteiger partial charge is 0.341 e. The van der Waals surface area contributed by atoms with Crippen molar-refractivity contribution in [2.24, 2.45) is 5.92 Å². The van der Waals surface area contributed by atoms with Gasteiger partial charge in [-0.1, -0.05) is 0 Å². The van der Waals surface area contributed by atoms with Crippen LogP contribution in [0, 0.1) is 12.8 Å². The highest BCUT2D eigenvalue weighted by atomic mass is 32.1. The first kappa shape index (κ1) is 16.0. The lowest BCUT2D eigenvalue weighted by atomic mass is 10.00. The molecule has 0 amide bonds. The van der Waals surface area contributed by atoms with Crippen molar-refractivity contribution in [3.63, 3.8) is 0 Å². The number of carboxylic acid groups (broad SMARTS) is 1. The number of ether oxygens (including phenoxy) is 1. The van der Waals surface area contributed by atoms with Crippen molar-refractivity contribution in [2.75, 3.05) is 13.2 Å². The molecule has 2 aromatic rings. The van der Waals surface area contributed by atoms with E-state index in [2.05, 4.69) is 0 Å². The minimum atomic E-state index is -1.18. The highest BCUT2D eigenvalue weighted by molar-refractivity contribution is 7.15. The van der Waals surface area contributed by atoms with E-state index in [1.54, 1.807) is 6.20 Å². The van der Waals surface area contributed by atoms with Crippen LogP contribution in [0.5, 0.6) is 0 Å². The van der Waals surface area contributed by atoms with E-state index in [0.717, 1.165) is 35.8 Å². The molecule has 0 bridgehead atoms. The molecule has 1 aliphatic heterocycles. The molecule has 0 radical (unpaired) electrons. The summed E-state index contributed by atoms with van der Waals surface area (Å²) in [4.78, 5) is 25.8. The Labute approximate surface area is 138 Å². The van der Waals surface area contributed by atoms with Crippen LogP contribution >= 0.6 is 11.3 Å². The molecule has 3 heterocycles. The van der Waals surface area contributed by atoms with Gasteiger partial charge in [-0.25, -0.2) is 4.79 Å². The molecular formula is C17H19NO4S. The maximum atomic E-state index is 12.5. The lowest BCUT2D eigenvalue weighted by molar-refractivity contribution is 0.0609. The molecule has 1 saturated heterocycles. The summed E-state index contributed by atoms with van der Waals surface area (Å²) in [5.74, 6) is -0.725. The van der Waals surface area contributed by atoms with Crippen molar-refractivity contribution in [1.82, 2.24) is 4.57 Å². The SMILES string of the molecule is Cc1ccc(-c2cn(CC3CCOCC3)cc(C(=O)O)c2=O)s1. The van der Waals surface area contributed by atoms with Crippen LogP contribution in [0.15, 0.2) is 29.3 Å². The van der Waals surface area contributed by atoms with Gasteiger partial charge >= 0.3 is 5.97 Å². The number of rotatable bonds is 4. The second-order valence-electron chi connectivity index (χ2n) is 5.88. The first-order chi connectivity index (χ1) is 11.0. The zero-order valence-electron chi connectivity index (χ0n) is 12.9. The van der Waals surface area contributed by atoms with Gasteiger partial charge in [-0.2, -0.15) is 0 Å². The van der Waals surface area contributed by atoms with Gasteiger partial charge in [0.15, 0.2) is 0 Å². The molecule has 0 unspecified atom stereocenters. The molecule has 0 aliphatic carbocycles. The van der Waals surface area contributed by atoms with Gasteiger partial charge in [0, 0.05) is 41.9 Å². The van der Waals surface area contributed by atoms with Crippen LogP contribution in [-0.4, -0.2) is 28.9 Å². The van der Waals surface area contributed by atoms with Gasteiger partial charge in [-0.3, -0.25) is 4.79 Å². The maximum Gasteiger partial charge on any atom is 0.341 e. The zero-order valence-corrected chi connectivity index (χ0v) is 13.8. The summed E-state index contributed by atoms with van der Waals surface area (Å²) >= 11 is 1.50. The van der Waals surface area contributed by atoms with Crippen LogP contribution in [0.3, 0.4) is 0 Å². The summed E-state index contributed by atoms with van der Waals surface area (Å²) in [6.07, 6.45) is 5.17. The number of carbonyl (C=O) groups is 1. The van der Waals surface area contributed by atoms with Crippen molar-refractivity contribution >= 4 is 17.3 Å². The van der Waals surface area contributed by atoms with Crippen LogP contribution in [0.25, 0.3) is 10.4 Å². The van der Waals surface area contributed by atoms with Crippen LogP contribution in [0.1, 0.15) is 28.1 Å². The maximum absolute atomic E-state index is 12.5. The largest absolute Gasteiger partial charge is 0.477 e. The van der Waals surface area contributed by atoms with E-state index >= 15 is 0 Å². The first-order valence-electron chi connectivity index (χ1n) is 7.66. The van der Waals surface area contributed by atoms with Crippen molar-refractivity contribution < 1.29 is 14.6 Å². The van der Waals surface area contributed by atoms with E-state index in [9.17, 15) is 14.7 Å². The number of hydrogen-bond donors (Lipinski definition) is 1.